The summed E-state index contributed by atoms with van der Waals surface area (Å²) < 4.78 is 36.4. The molecule has 4 aliphatic carbocycles. The first-order valence-electron chi connectivity index (χ1n) is 24.4. The van der Waals surface area contributed by atoms with Crippen LogP contribution in [0.3, 0.4) is 0 Å². The zero-order chi connectivity index (χ0) is 49.7. The van der Waals surface area contributed by atoms with Crippen LogP contribution in [-0.2, 0) is 28.4 Å². The second kappa shape index (κ2) is 19.4. The molecular weight excluding hydrogens is 881 g/mol. The van der Waals surface area contributed by atoms with Crippen LogP contribution in [0.15, 0.2) is 12.2 Å². The third kappa shape index (κ3) is 9.03. The van der Waals surface area contributed by atoms with Crippen LogP contribution in [0.4, 0.5) is 0 Å². The van der Waals surface area contributed by atoms with Crippen molar-refractivity contribution in [3.8, 4) is 0 Å². The van der Waals surface area contributed by atoms with Crippen LogP contribution in [-0.4, -0.2) is 202 Å². The summed E-state index contributed by atoms with van der Waals surface area (Å²) in [6.07, 6.45) is -22.0. The molecule has 13 N–H and O–H groups in total. The summed E-state index contributed by atoms with van der Waals surface area (Å²) in [6.45, 7) is 18.7. The molecule has 3 heterocycles. The molecule has 0 radical (unpaired) electrons. The minimum absolute atomic E-state index is 0.0326. The molecule has 27 unspecified atom stereocenters. The Labute approximate surface area is 393 Å². The van der Waals surface area contributed by atoms with Crippen molar-refractivity contribution in [2.24, 2.45) is 45.3 Å². The summed E-state index contributed by atoms with van der Waals surface area (Å²) >= 11 is 0. The first-order valence-corrected chi connectivity index (χ1v) is 24.4. The highest BCUT2D eigenvalue weighted by atomic mass is 16.7. The largest absolute Gasteiger partial charge is 0.394 e. The minimum Gasteiger partial charge on any atom is -0.394 e. The van der Waals surface area contributed by atoms with E-state index in [1.807, 2.05) is 20.8 Å². The quantitative estimate of drug-likeness (QED) is 0.0773. The van der Waals surface area contributed by atoms with Crippen molar-refractivity contribution >= 4 is 0 Å². The molecule has 7 fully saturated rings. The lowest BCUT2D eigenvalue weighted by Crippen LogP contribution is -2.69. The first kappa shape index (κ1) is 53.8. The van der Waals surface area contributed by atoms with E-state index in [2.05, 4.69) is 27.4 Å². The Hall–Kier alpha value is -1.02. The van der Waals surface area contributed by atoms with Gasteiger partial charge in [-0.15, -0.1) is 0 Å². The summed E-state index contributed by atoms with van der Waals surface area (Å²) in [5, 5.41) is 142. The zero-order valence-electron chi connectivity index (χ0n) is 40.3. The van der Waals surface area contributed by atoms with Gasteiger partial charge in [0.2, 0.25) is 0 Å². The molecule has 3 aliphatic heterocycles. The van der Waals surface area contributed by atoms with Crippen molar-refractivity contribution in [2.45, 2.75) is 229 Å². The lowest BCUT2D eigenvalue weighted by Gasteiger charge is -2.71. The van der Waals surface area contributed by atoms with Crippen molar-refractivity contribution in [1.29, 1.82) is 0 Å². The third-order valence-electron chi connectivity index (χ3n) is 19.0. The number of hydrogen-bond acceptors (Lipinski definition) is 19. The summed E-state index contributed by atoms with van der Waals surface area (Å²) in [5.41, 5.74) is -2.74. The molecule has 7 rings (SSSR count). The SMILES string of the molecule is C=C(C)C(O)CCC(C)(OC1OC(COC2OC(C)C(O)C(O)C2O)C(O)C(O)C1O)C1CCC2(C)C1C(O)CC1C3(C)CC(O)C(OC4OC(CO)C(O)C(O)C4O)C(C)(C)C3CCC12C. The van der Waals surface area contributed by atoms with E-state index in [4.69, 9.17) is 28.4 Å². The topological polar surface area (TPSA) is 318 Å². The summed E-state index contributed by atoms with van der Waals surface area (Å²) in [7, 11) is 0. The Balaban J connectivity index is 1.13. The van der Waals surface area contributed by atoms with Gasteiger partial charge in [0.1, 0.15) is 67.1 Å². The average Bonchev–Trinajstić information content (AvgIpc) is 3.65. The minimum atomic E-state index is -1.76. The number of ether oxygens (including phenoxy) is 6. The van der Waals surface area contributed by atoms with Gasteiger partial charge in [-0.2, -0.15) is 0 Å². The van der Waals surface area contributed by atoms with Crippen LogP contribution in [0.5, 0.6) is 0 Å². The number of aliphatic hydroxyl groups excluding tert-OH is 13. The molecular formula is C48H82O19. The van der Waals surface area contributed by atoms with Crippen molar-refractivity contribution in [3.05, 3.63) is 12.2 Å². The van der Waals surface area contributed by atoms with Crippen LogP contribution >= 0.6 is 0 Å². The van der Waals surface area contributed by atoms with Gasteiger partial charge in [-0.1, -0.05) is 46.8 Å². The molecule has 19 nitrogen and oxygen atoms in total. The fraction of sp³-hybridized carbons (Fsp3) is 0.958. The molecule has 3 saturated heterocycles. The van der Waals surface area contributed by atoms with Crippen molar-refractivity contribution in [3.63, 3.8) is 0 Å². The van der Waals surface area contributed by atoms with Crippen LogP contribution in [0.25, 0.3) is 0 Å². The monoisotopic (exact) mass is 963 g/mol. The van der Waals surface area contributed by atoms with E-state index < -0.39 is 152 Å². The number of hydrogen-bond donors (Lipinski definition) is 13. The fourth-order valence-corrected chi connectivity index (χ4v) is 14.9. The second-order valence-corrected chi connectivity index (χ2v) is 23.2. The van der Waals surface area contributed by atoms with Crippen LogP contribution in [0, 0.1) is 45.3 Å². The Morgan fingerprint density at radius 2 is 1.27 bits per heavy atom. The van der Waals surface area contributed by atoms with E-state index >= 15 is 0 Å². The third-order valence-corrected chi connectivity index (χ3v) is 19.0. The standard InChI is InChI=1S/C48H82O19/c1-20(2)23(50)11-15-48(9,67-43-39(61)36(58)33(55)27(65-43)19-62-41-37(59)34(56)31(53)21(3)63-41)22-10-13-47(8)30(22)24(51)16-29-45(6)17-25(52)40(44(4,5)28(45)12-14-46(29,47)7)66-42-38(60)35(57)32(54)26(18-49)64-42/h21-43,49-61H,1,10-19H2,2-9H3. The smallest absolute Gasteiger partial charge is 0.187 e. The second-order valence-electron chi connectivity index (χ2n) is 23.2. The molecule has 19 heteroatoms. The van der Waals surface area contributed by atoms with E-state index in [1.54, 1.807) is 6.92 Å². The average molecular weight is 963 g/mol. The highest BCUT2D eigenvalue weighted by molar-refractivity contribution is 5.21. The maximum atomic E-state index is 12.7. The molecule has 0 amide bonds. The van der Waals surface area contributed by atoms with Gasteiger partial charge < -0.3 is 94.8 Å². The van der Waals surface area contributed by atoms with Gasteiger partial charge >= 0.3 is 0 Å². The zero-order valence-corrected chi connectivity index (χ0v) is 40.3. The van der Waals surface area contributed by atoms with Gasteiger partial charge in [-0.3, -0.25) is 0 Å². The highest BCUT2D eigenvalue weighted by Gasteiger charge is 2.73. The molecule has 0 bridgehead atoms. The van der Waals surface area contributed by atoms with E-state index in [-0.39, 0.29) is 41.9 Å². The van der Waals surface area contributed by atoms with E-state index in [0.29, 0.717) is 31.3 Å². The molecule has 67 heavy (non-hydrogen) atoms. The van der Waals surface area contributed by atoms with Gasteiger partial charge in [-0.05, 0) is 117 Å². The molecule has 0 spiro atoms. The van der Waals surface area contributed by atoms with Gasteiger partial charge in [0.05, 0.1) is 49.3 Å². The predicted molar refractivity (Wildman–Crippen MR) is 235 cm³/mol. The Morgan fingerprint density at radius 3 is 1.90 bits per heavy atom. The first-order chi connectivity index (χ1) is 31.1. The van der Waals surface area contributed by atoms with Crippen LogP contribution in [0.1, 0.15) is 107 Å². The molecule has 0 aromatic heterocycles. The van der Waals surface area contributed by atoms with Gasteiger partial charge in [0.25, 0.3) is 0 Å². The van der Waals surface area contributed by atoms with Gasteiger partial charge in [0, 0.05) is 0 Å². The van der Waals surface area contributed by atoms with E-state index in [9.17, 15) is 66.4 Å². The molecule has 4 saturated carbocycles. The molecule has 388 valence electrons. The van der Waals surface area contributed by atoms with Crippen LogP contribution < -0.4 is 0 Å². The molecule has 0 aromatic carbocycles. The number of fused-ring (bicyclic) bond motifs is 5. The molecule has 0 aromatic rings. The fourth-order valence-electron chi connectivity index (χ4n) is 14.9. The lowest BCUT2D eigenvalue weighted by molar-refractivity contribution is -0.350. The normalized spacial score (nSPS) is 53.4. The predicted octanol–water partition coefficient (Wildman–Crippen LogP) is -1.06. The summed E-state index contributed by atoms with van der Waals surface area (Å²) in [4.78, 5) is 0. The highest BCUT2D eigenvalue weighted by Crippen LogP contribution is 2.76. The lowest BCUT2D eigenvalue weighted by atomic mass is 9.35. The maximum Gasteiger partial charge on any atom is 0.187 e. The van der Waals surface area contributed by atoms with E-state index in [1.165, 1.54) is 6.92 Å². The molecule has 27 atom stereocenters. The summed E-state index contributed by atoms with van der Waals surface area (Å²) in [6, 6.07) is 0. The van der Waals surface area contributed by atoms with Crippen molar-refractivity contribution in [1.82, 2.24) is 0 Å². The Morgan fingerprint density at radius 1 is 0.701 bits per heavy atom. The Kier molecular flexibility index (Phi) is 15.6. The summed E-state index contributed by atoms with van der Waals surface area (Å²) in [5.74, 6) is -0.829. The maximum absolute atomic E-state index is 12.7. The molecule has 7 aliphatic rings. The van der Waals surface area contributed by atoms with Crippen LogP contribution in [0.2, 0.25) is 0 Å². The van der Waals surface area contributed by atoms with Crippen molar-refractivity contribution < 1.29 is 94.8 Å². The van der Waals surface area contributed by atoms with E-state index in [0.717, 1.165) is 12.8 Å². The van der Waals surface area contributed by atoms with Crippen molar-refractivity contribution in [2.75, 3.05) is 13.2 Å². The number of rotatable bonds is 13. The van der Waals surface area contributed by atoms with Gasteiger partial charge in [0.15, 0.2) is 18.9 Å². The number of aliphatic hydroxyl groups is 13. The van der Waals surface area contributed by atoms with Gasteiger partial charge in [-0.25, -0.2) is 0 Å². The Bertz CT molecular complexity index is 1720.